The number of carbonyl (C=O) groups excluding carboxylic acids is 1. The van der Waals surface area contributed by atoms with Crippen molar-refractivity contribution in [3.05, 3.63) is 81.2 Å². The van der Waals surface area contributed by atoms with E-state index in [9.17, 15) is 35.6 Å². The van der Waals surface area contributed by atoms with Gasteiger partial charge in [0.15, 0.2) is 30.0 Å². The second kappa shape index (κ2) is 14.7. The number of benzene rings is 2. The maximum Gasteiger partial charge on any atom is 0.387 e. The number of primary sulfonamides is 1. The molecule has 2 atom stereocenters. The van der Waals surface area contributed by atoms with E-state index in [4.69, 9.17) is 42.6 Å². The standard InChI is InChI=1S/C29H29Cl2F2N3O10S2/c30-22-13-35(38)14-23(31)21(22)12-25(18-6-7-24(46-29(32)33)26(10-18)44-16-17-4-5-17)45-28(37)27-15-36(8-9-43-27)48(41,42)20-3-1-2-19(11-20)47(34,39)40/h1-3,6-7,10-11,13-14,17,25,27,29H,4-5,8-9,12,15-16H2,(H2,34,39,40)/t25-,27?/m0/s1. The van der Waals surface area contributed by atoms with E-state index in [2.05, 4.69) is 4.74 Å². The van der Waals surface area contributed by atoms with Gasteiger partial charge in [0.25, 0.3) is 0 Å². The van der Waals surface area contributed by atoms with Crippen LogP contribution in [-0.4, -0.2) is 66.1 Å². The molecule has 0 radical (unpaired) electrons. The Morgan fingerprint density at radius 1 is 1.06 bits per heavy atom. The quantitative estimate of drug-likeness (QED) is 0.154. The van der Waals surface area contributed by atoms with Crippen LogP contribution >= 0.6 is 23.2 Å². The van der Waals surface area contributed by atoms with E-state index in [0.29, 0.717) is 4.73 Å². The van der Waals surface area contributed by atoms with Crippen molar-refractivity contribution in [2.24, 2.45) is 11.1 Å². The summed E-state index contributed by atoms with van der Waals surface area (Å²) in [5, 5.41) is 16.9. The second-order valence-electron chi connectivity index (χ2n) is 11.0. The lowest BCUT2D eigenvalue weighted by atomic mass is 10.0. The van der Waals surface area contributed by atoms with E-state index in [1.807, 2.05) is 0 Å². The van der Waals surface area contributed by atoms with Crippen LogP contribution in [0.3, 0.4) is 0 Å². The highest BCUT2D eigenvalue weighted by Crippen LogP contribution is 2.38. The highest BCUT2D eigenvalue weighted by atomic mass is 35.5. The van der Waals surface area contributed by atoms with Crippen LogP contribution in [0.5, 0.6) is 11.5 Å². The minimum absolute atomic E-state index is 0.0312. The van der Waals surface area contributed by atoms with Crippen LogP contribution in [0.2, 0.25) is 10.0 Å². The van der Waals surface area contributed by atoms with Crippen LogP contribution in [0, 0.1) is 11.1 Å². The Morgan fingerprint density at radius 2 is 1.75 bits per heavy atom. The predicted molar refractivity (Wildman–Crippen MR) is 166 cm³/mol. The zero-order chi connectivity index (χ0) is 34.8. The Balaban J connectivity index is 1.43. The number of halogens is 4. The van der Waals surface area contributed by atoms with E-state index in [-0.39, 0.29) is 69.7 Å². The van der Waals surface area contributed by atoms with Crippen molar-refractivity contribution in [3.63, 3.8) is 0 Å². The maximum absolute atomic E-state index is 13.6. The molecule has 5 rings (SSSR count). The normalized spacial score (nSPS) is 18.0. The summed E-state index contributed by atoms with van der Waals surface area (Å²) >= 11 is 12.6. The first-order chi connectivity index (χ1) is 22.6. The molecule has 1 aliphatic carbocycles. The van der Waals surface area contributed by atoms with Gasteiger partial charge in [-0.2, -0.15) is 17.8 Å². The molecule has 2 aromatic carbocycles. The molecule has 1 unspecified atom stereocenters. The van der Waals surface area contributed by atoms with Gasteiger partial charge in [0.1, 0.15) is 16.1 Å². The van der Waals surface area contributed by atoms with E-state index in [0.717, 1.165) is 41.7 Å². The minimum atomic E-state index is -4.32. The van der Waals surface area contributed by atoms with E-state index < -0.39 is 56.3 Å². The van der Waals surface area contributed by atoms with Crippen LogP contribution < -0.4 is 19.3 Å². The first kappa shape index (κ1) is 36.0. The Morgan fingerprint density at radius 3 is 2.40 bits per heavy atom. The average molecular weight is 753 g/mol. The van der Waals surface area contributed by atoms with Crippen LogP contribution in [0.1, 0.15) is 30.1 Å². The van der Waals surface area contributed by atoms with Crippen molar-refractivity contribution in [1.29, 1.82) is 0 Å². The summed E-state index contributed by atoms with van der Waals surface area (Å²) in [5.74, 6) is -1.01. The fourth-order valence-electron chi connectivity index (χ4n) is 4.83. The Labute approximate surface area is 284 Å². The molecule has 48 heavy (non-hydrogen) atoms. The summed E-state index contributed by atoms with van der Waals surface area (Å²) < 4.78 is 99.9. The number of aromatic nitrogens is 1. The molecule has 1 aliphatic heterocycles. The first-order valence-corrected chi connectivity index (χ1v) is 18.1. The molecular formula is C29H29Cl2F2N3O10S2. The van der Waals surface area contributed by atoms with E-state index in [1.165, 1.54) is 30.3 Å². The van der Waals surface area contributed by atoms with E-state index in [1.54, 1.807) is 0 Å². The van der Waals surface area contributed by atoms with Crippen LogP contribution in [-0.2, 0) is 40.7 Å². The number of ether oxygens (including phenoxy) is 4. The fourth-order valence-corrected chi connectivity index (χ4v) is 7.53. The van der Waals surface area contributed by atoms with E-state index >= 15 is 0 Å². The number of carbonyl (C=O) groups is 1. The summed E-state index contributed by atoms with van der Waals surface area (Å²) in [6, 6.07) is 8.43. The van der Waals surface area contributed by atoms with Gasteiger partial charge < -0.3 is 24.2 Å². The van der Waals surface area contributed by atoms with Crippen LogP contribution in [0.25, 0.3) is 0 Å². The Bertz CT molecular complexity index is 1880. The third-order valence-corrected chi connectivity index (χ3v) is 10.9. The molecule has 2 heterocycles. The summed E-state index contributed by atoms with van der Waals surface area (Å²) in [7, 11) is -8.52. The van der Waals surface area contributed by atoms with Gasteiger partial charge in [0.2, 0.25) is 20.0 Å². The fraction of sp³-hybridized carbons (Fsp3) is 0.379. The third kappa shape index (κ3) is 8.82. The Hall–Kier alpha value is -3.32. The third-order valence-electron chi connectivity index (χ3n) is 7.50. The zero-order valence-electron chi connectivity index (χ0n) is 24.8. The number of nitrogens with two attached hydrogens (primary N) is 1. The smallest absolute Gasteiger partial charge is 0.387 e. The molecule has 13 nitrogen and oxygen atoms in total. The Kier molecular flexibility index (Phi) is 11.0. The number of sulfonamides is 2. The SMILES string of the molecule is NS(=O)(=O)c1cccc(S(=O)(=O)N2CCOC(C(=O)O[C@@H](Cc3c(Cl)c[n+]([O-])cc3Cl)c3ccc(OC(F)F)c(OCC4CC4)c3)C2)c1. The summed E-state index contributed by atoms with van der Waals surface area (Å²) in [5.41, 5.74) is 0.474. The summed E-state index contributed by atoms with van der Waals surface area (Å²) in [4.78, 5) is 12.8. The van der Waals surface area contributed by atoms with Crippen LogP contribution in [0.4, 0.5) is 8.78 Å². The van der Waals surface area contributed by atoms with Gasteiger partial charge in [-0.3, -0.25) is 0 Å². The molecule has 0 spiro atoms. The second-order valence-corrected chi connectivity index (χ2v) is 15.3. The molecule has 1 saturated carbocycles. The van der Waals surface area contributed by atoms with Crippen molar-refractivity contribution in [1.82, 2.24) is 4.31 Å². The number of nitrogens with zero attached hydrogens (tertiary/aromatic N) is 2. The summed E-state index contributed by atoms with van der Waals surface area (Å²) in [6.45, 7) is -3.76. The van der Waals surface area contributed by atoms with Gasteiger partial charge in [0, 0.05) is 18.5 Å². The molecule has 2 N–H and O–H groups in total. The number of rotatable bonds is 13. The van der Waals surface area contributed by atoms with Crippen molar-refractivity contribution in [2.45, 2.75) is 47.9 Å². The lowest BCUT2D eigenvalue weighted by Crippen LogP contribution is -2.49. The van der Waals surface area contributed by atoms with Crippen molar-refractivity contribution >= 4 is 49.2 Å². The topological polar surface area (TPSA) is 178 Å². The highest BCUT2D eigenvalue weighted by Gasteiger charge is 2.37. The average Bonchev–Trinajstić information content (AvgIpc) is 3.86. The number of hydrogen-bond acceptors (Lipinski definition) is 10. The maximum atomic E-state index is 13.6. The zero-order valence-corrected chi connectivity index (χ0v) is 28.0. The molecule has 3 aromatic rings. The number of esters is 1. The summed E-state index contributed by atoms with van der Waals surface area (Å²) in [6.07, 6.45) is 1.07. The number of pyridine rings is 1. The monoisotopic (exact) mass is 751 g/mol. The van der Waals surface area contributed by atoms with Gasteiger partial charge >= 0.3 is 12.6 Å². The molecule has 19 heteroatoms. The van der Waals surface area contributed by atoms with Gasteiger partial charge in [0.05, 0.1) is 29.5 Å². The molecule has 0 bridgehead atoms. The van der Waals surface area contributed by atoms with Crippen LogP contribution in [0.15, 0.2) is 64.6 Å². The molecule has 2 fully saturated rings. The number of morpholine rings is 1. The first-order valence-electron chi connectivity index (χ1n) is 14.3. The van der Waals surface area contributed by atoms with Crippen molar-refractivity contribution < 1.29 is 54.1 Å². The molecule has 1 saturated heterocycles. The number of alkyl halides is 2. The lowest BCUT2D eigenvalue weighted by molar-refractivity contribution is -0.605. The van der Waals surface area contributed by atoms with Gasteiger partial charge in [-0.25, -0.2) is 26.8 Å². The van der Waals surface area contributed by atoms with Crippen molar-refractivity contribution in [2.75, 3.05) is 26.3 Å². The molecular weight excluding hydrogens is 723 g/mol. The van der Waals surface area contributed by atoms with Crippen molar-refractivity contribution in [3.8, 4) is 11.5 Å². The van der Waals surface area contributed by atoms with Gasteiger partial charge in [-0.05, 0) is 54.7 Å². The lowest BCUT2D eigenvalue weighted by Gasteiger charge is -2.32. The molecule has 0 amide bonds. The highest BCUT2D eigenvalue weighted by molar-refractivity contribution is 7.90. The largest absolute Gasteiger partial charge is 0.619 e. The molecule has 2 aliphatic rings. The molecule has 1 aromatic heterocycles. The molecule has 260 valence electrons. The predicted octanol–water partition coefficient (Wildman–Crippen LogP) is 3.58. The van der Waals surface area contributed by atoms with Gasteiger partial charge in [-0.1, -0.05) is 35.3 Å². The number of hydrogen-bond donors (Lipinski definition) is 1. The van der Waals surface area contributed by atoms with Gasteiger partial charge in [-0.15, -0.1) is 0 Å². The minimum Gasteiger partial charge on any atom is -0.619 e.